The lowest BCUT2D eigenvalue weighted by Crippen LogP contribution is -2.33. The van der Waals surface area contributed by atoms with Crippen LogP contribution in [0.2, 0.25) is 8.67 Å². The lowest BCUT2D eigenvalue weighted by molar-refractivity contribution is 0.0986. The molecule has 152 valence electrons. The van der Waals surface area contributed by atoms with Gasteiger partial charge in [-0.2, -0.15) is 0 Å². The Morgan fingerprint density at radius 1 is 1.18 bits per heavy atom. The van der Waals surface area contributed by atoms with Crippen molar-refractivity contribution in [2.24, 2.45) is 0 Å². The van der Waals surface area contributed by atoms with Gasteiger partial charge in [-0.1, -0.05) is 34.5 Å². The Morgan fingerprint density at radius 2 is 1.93 bits per heavy atom. The molecule has 3 aromatic rings. The Bertz CT molecular complexity index is 959. The molecule has 0 aliphatic heterocycles. The molecule has 28 heavy (non-hydrogen) atoms. The van der Waals surface area contributed by atoms with Crippen LogP contribution in [0.5, 0.6) is 5.75 Å². The minimum Gasteiger partial charge on any atom is -0.497 e. The third kappa shape index (κ3) is 5.28. The molecule has 0 saturated heterocycles. The number of aromatic nitrogens is 1. The smallest absolute Gasteiger partial charge is 0.262 e. The number of benzene rings is 1. The number of amides is 1. The van der Waals surface area contributed by atoms with E-state index in [4.69, 9.17) is 27.9 Å². The summed E-state index contributed by atoms with van der Waals surface area (Å²) >= 11 is 14.9. The highest BCUT2D eigenvalue weighted by atomic mass is 35.5. The van der Waals surface area contributed by atoms with E-state index in [0.717, 1.165) is 28.9 Å². The second kappa shape index (κ2) is 10.1. The summed E-state index contributed by atoms with van der Waals surface area (Å²) in [4.78, 5) is 21.6. The summed E-state index contributed by atoms with van der Waals surface area (Å²) in [6.07, 6.45) is 0.813. The number of methoxy groups -OCH3 is 1. The van der Waals surface area contributed by atoms with Crippen LogP contribution >= 0.6 is 58.3 Å². The minimum atomic E-state index is -0.187. The van der Waals surface area contributed by atoms with E-state index in [1.54, 1.807) is 18.1 Å². The summed E-state index contributed by atoms with van der Waals surface area (Å²) in [5.74, 6) is 0.573. The maximum absolute atomic E-state index is 13.2. The van der Waals surface area contributed by atoms with E-state index in [-0.39, 0.29) is 18.3 Å². The van der Waals surface area contributed by atoms with Crippen LogP contribution in [-0.2, 0) is 0 Å². The van der Waals surface area contributed by atoms with Crippen molar-refractivity contribution in [2.75, 3.05) is 39.2 Å². The number of hydrogen-bond acceptors (Lipinski definition) is 6. The molecule has 10 heteroatoms. The summed E-state index contributed by atoms with van der Waals surface area (Å²) in [5, 5.41) is 0.639. The second-order valence-corrected chi connectivity index (χ2v) is 9.48. The maximum atomic E-state index is 13.2. The van der Waals surface area contributed by atoms with Crippen molar-refractivity contribution < 1.29 is 9.53 Å². The van der Waals surface area contributed by atoms with E-state index in [2.05, 4.69) is 9.88 Å². The number of thiophene rings is 1. The molecule has 0 aliphatic rings. The molecular weight excluding hydrogens is 461 g/mol. The summed E-state index contributed by atoms with van der Waals surface area (Å²) in [5.41, 5.74) is 1.24. The molecular formula is C18H20Cl3N3O2S2. The van der Waals surface area contributed by atoms with E-state index >= 15 is 0 Å². The standard InChI is InChI=1S/C18H19Cl2N3O2S2.ClH/c1-22(2)7-4-8-23(17(24)12-10-15(19)27-16(12)20)18-21-13-6-5-11(25-3)9-14(13)26-18;/h5-6,9-10H,4,7-8H2,1-3H3;1H. The lowest BCUT2D eigenvalue weighted by atomic mass is 10.3. The number of fused-ring (bicyclic) bond motifs is 1. The van der Waals surface area contributed by atoms with E-state index < -0.39 is 0 Å². The molecule has 0 N–H and O–H groups in total. The first-order chi connectivity index (χ1) is 12.9. The van der Waals surface area contributed by atoms with Gasteiger partial charge in [-0.15, -0.1) is 23.7 Å². The first kappa shape index (κ1) is 23.2. The van der Waals surface area contributed by atoms with Crippen molar-refractivity contribution in [3.63, 3.8) is 0 Å². The normalized spacial score (nSPS) is 10.9. The first-order valence-corrected chi connectivity index (χ1v) is 10.6. The third-order valence-corrected chi connectivity index (χ3v) is 6.46. The monoisotopic (exact) mass is 479 g/mol. The summed E-state index contributed by atoms with van der Waals surface area (Å²) in [6.45, 7) is 1.40. The zero-order valence-electron chi connectivity index (χ0n) is 15.6. The first-order valence-electron chi connectivity index (χ1n) is 8.25. The predicted octanol–water partition coefficient (Wildman–Crippen LogP) is 5.69. The molecule has 3 rings (SSSR count). The van der Waals surface area contributed by atoms with Gasteiger partial charge in [0.15, 0.2) is 5.13 Å². The van der Waals surface area contributed by atoms with Crippen LogP contribution in [0.3, 0.4) is 0 Å². The Kier molecular flexibility index (Phi) is 8.36. The number of anilines is 1. The fraction of sp³-hybridized carbons (Fsp3) is 0.333. The maximum Gasteiger partial charge on any atom is 0.262 e. The Balaban J connectivity index is 0.00000280. The quantitative estimate of drug-likeness (QED) is 0.435. The molecule has 1 amide bonds. The van der Waals surface area contributed by atoms with Crippen LogP contribution in [0, 0.1) is 0 Å². The number of thiazole rings is 1. The number of ether oxygens (including phenoxy) is 1. The Hall–Kier alpha value is -1.09. The Morgan fingerprint density at radius 3 is 2.54 bits per heavy atom. The molecule has 0 radical (unpaired) electrons. The number of nitrogens with zero attached hydrogens (tertiary/aromatic N) is 3. The van der Waals surface area contributed by atoms with Gasteiger partial charge in [-0.3, -0.25) is 9.69 Å². The molecule has 0 atom stereocenters. The van der Waals surface area contributed by atoms with Crippen molar-refractivity contribution in [1.29, 1.82) is 0 Å². The number of hydrogen-bond donors (Lipinski definition) is 0. The highest BCUT2D eigenvalue weighted by Gasteiger charge is 2.24. The summed E-state index contributed by atoms with van der Waals surface area (Å²) in [6, 6.07) is 7.30. The van der Waals surface area contributed by atoms with Gasteiger partial charge in [0.1, 0.15) is 10.1 Å². The van der Waals surface area contributed by atoms with Crippen molar-refractivity contribution >= 4 is 79.5 Å². The number of carbonyl (C=O) groups is 1. The average Bonchev–Trinajstić information content (AvgIpc) is 3.19. The van der Waals surface area contributed by atoms with Gasteiger partial charge in [0, 0.05) is 6.54 Å². The molecule has 2 heterocycles. The fourth-order valence-electron chi connectivity index (χ4n) is 2.60. The highest BCUT2D eigenvalue weighted by Crippen LogP contribution is 2.35. The van der Waals surface area contributed by atoms with Crippen molar-refractivity contribution in [3.8, 4) is 5.75 Å². The molecule has 1 aromatic carbocycles. The summed E-state index contributed by atoms with van der Waals surface area (Å²) < 4.78 is 7.13. The van der Waals surface area contributed by atoms with E-state index in [0.29, 0.717) is 25.9 Å². The van der Waals surface area contributed by atoms with Crippen LogP contribution in [0.1, 0.15) is 16.8 Å². The number of carbonyl (C=O) groups excluding carboxylic acids is 1. The lowest BCUT2D eigenvalue weighted by Gasteiger charge is -2.20. The van der Waals surface area contributed by atoms with E-state index in [1.165, 1.54) is 22.7 Å². The molecule has 0 aliphatic carbocycles. The molecule has 0 saturated carbocycles. The van der Waals surface area contributed by atoms with Crippen LogP contribution < -0.4 is 9.64 Å². The zero-order chi connectivity index (χ0) is 19.6. The van der Waals surface area contributed by atoms with Crippen LogP contribution in [0.25, 0.3) is 10.2 Å². The van der Waals surface area contributed by atoms with Gasteiger partial charge < -0.3 is 9.64 Å². The largest absolute Gasteiger partial charge is 0.497 e. The van der Waals surface area contributed by atoms with Crippen molar-refractivity contribution in [1.82, 2.24) is 9.88 Å². The third-order valence-electron chi connectivity index (χ3n) is 3.93. The fourth-order valence-corrected chi connectivity index (χ4v) is 5.06. The second-order valence-electron chi connectivity index (χ2n) is 6.18. The van der Waals surface area contributed by atoms with Crippen LogP contribution in [0.4, 0.5) is 5.13 Å². The molecule has 0 bridgehead atoms. The van der Waals surface area contributed by atoms with E-state index in [1.807, 2.05) is 32.3 Å². The number of halogens is 3. The number of rotatable bonds is 7. The van der Waals surface area contributed by atoms with E-state index in [9.17, 15) is 4.79 Å². The highest BCUT2D eigenvalue weighted by molar-refractivity contribution is 7.22. The average molecular weight is 481 g/mol. The topological polar surface area (TPSA) is 45.7 Å². The van der Waals surface area contributed by atoms with Gasteiger partial charge in [0.05, 0.1) is 27.2 Å². The molecule has 5 nitrogen and oxygen atoms in total. The SMILES string of the molecule is COc1ccc2nc(N(CCCN(C)C)C(=O)c3cc(Cl)sc3Cl)sc2c1.Cl. The van der Waals surface area contributed by atoms with Gasteiger partial charge in [0.2, 0.25) is 0 Å². The van der Waals surface area contributed by atoms with Gasteiger partial charge >= 0.3 is 0 Å². The van der Waals surface area contributed by atoms with Gasteiger partial charge in [0.25, 0.3) is 5.91 Å². The van der Waals surface area contributed by atoms with Crippen LogP contribution in [-0.4, -0.2) is 50.1 Å². The zero-order valence-corrected chi connectivity index (χ0v) is 19.5. The van der Waals surface area contributed by atoms with Crippen molar-refractivity contribution in [3.05, 3.63) is 38.5 Å². The van der Waals surface area contributed by atoms with Gasteiger partial charge in [-0.25, -0.2) is 4.98 Å². The Labute approximate surface area is 188 Å². The molecule has 2 aromatic heterocycles. The predicted molar refractivity (Wildman–Crippen MR) is 123 cm³/mol. The summed E-state index contributed by atoms with van der Waals surface area (Å²) in [7, 11) is 5.64. The molecule has 0 unspecified atom stereocenters. The minimum absolute atomic E-state index is 0. The van der Waals surface area contributed by atoms with Crippen LogP contribution in [0.15, 0.2) is 24.3 Å². The van der Waals surface area contributed by atoms with Gasteiger partial charge in [-0.05, 0) is 51.3 Å². The molecule has 0 spiro atoms. The van der Waals surface area contributed by atoms with Crippen molar-refractivity contribution in [2.45, 2.75) is 6.42 Å². The molecule has 0 fully saturated rings.